The second-order valence-corrected chi connectivity index (χ2v) is 5.64. The third-order valence-corrected chi connectivity index (χ3v) is 2.69. The van der Waals surface area contributed by atoms with Crippen LogP contribution in [0.1, 0.15) is 5.56 Å². The maximum absolute atomic E-state index is 11.3. The molecule has 0 spiro atoms. The van der Waals surface area contributed by atoms with Crippen molar-refractivity contribution < 1.29 is 22.8 Å². The predicted octanol–water partition coefficient (Wildman–Crippen LogP) is 0.460. The van der Waals surface area contributed by atoms with E-state index in [4.69, 9.17) is 10.5 Å². The fourth-order valence-corrected chi connectivity index (χ4v) is 1.71. The van der Waals surface area contributed by atoms with E-state index in [9.17, 15) is 18.0 Å². The molecule has 1 aliphatic heterocycles. The molecule has 0 aromatic heterocycles. The normalized spacial score (nSPS) is 12.8. The fourth-order valence-electron chi connectivity index (χ4n) is 1.54. The minimum atomic E-state index is -4.00. The molecule has 20 heavy (non-hydrogen) atoms. The average Bonchev–Trinajstić information content (AvgIpc) is 2.63. The fraction of sp³-hybridized carbons (Fsp3) is 0.100. The SMILES string of the molecule is NC(=O)N1C(=O)Cc2ccccc21.O=C=NS(=O)(=O)Cl. The summed E-state index contributed by atoms with van der Waals surface area (Å²) in [5.41, 5.74) is 6.53. The van der Waals surface area contributed by atoms with Crippen LogP contribution >= 0.6 is 10.7 Å². The zero-order valence-corrected chi connectivity index (χ0v) is 11.4. The van der Waals surface area contributed by atoms with E-state index in [-0.39, 0.29) is 12.3 Å². The first kappa shape index (κ1) is 15.8. The topological polar surface area (TPSA) is 127 Å². The van der Waals surface area contributed by atoms with Crippen LogP contribution in [0.2, 0.25) is 0 Å². The van der Waals surface area contributed by atoms with Crippen molar-refractivity contribution in [2.45, 2.75) is 6.42 Å². The van der Waals surface area contributed by atoms with Gasteiger partial charge in [0.1, 0.15) is 0 Å². The Morgan fingerprint density at radius 2 is 2.00 bits per heavy atom. The molecule has 1 aromatic carbocycles. The van der Waals surface area contributed by atoms with E-state index in [0.717, 1.165) is 16.5 Å². The molecule has 10 heteroatoms. The third kappa shape index (κ3) is 4.16. The van der Waals surface area contributed by atoms with Crippen LogP contribution in [0.5, 0.6) is 0 Å². The second-order valence-electron chi connectivity index (χ2n) is 3.47. The van der Waals surface area contributed by atoms with Crippen molar-refractivity contribution in [1.82, 2.24) is 0 Å². The molecule has 3 amide bonds. The van der Waals surface area contributed by atoms with Crippen LogP contribution in [0.15, 0.2) is 28.7 Å². The maximum atomic E-state index is 11.3. The zero-order valence-electron chi connectivity index (χ0n) is 9.82. The zero-order chi connectivity index (χ0) is 15.3. The highest BCUT2D eigenvalue weighted by molar-refractivity contribution is 8.12. The van der Waals surface area contributed by atoms with Gasteiger partial charge in [-0.3, -0.25) is 4.79 Å². The number of halogens is 1. The lowest BCUT2D eigenvalue weighted by Crippen LogP contribution is -2.38. The lowest BCUT2D eigenvalue weighted by Gasteiger charge is -2.10. The Balaban J connectivity index is 0.000000246. The van der Waals surface area contributed by atoms with E-state index >= 15 is 0 Å². The molecular formula is C10H8ClN3O5S. The number of imide groups is 1. The first-order chi connectivity index (χ1) is 9.26. The Morgan fingerprint density at radius 1 is 1.40 bits per heavy atom. The lowest BCUT2D eigenvalue weighted by molar-refractivity contribution is -0.116. The number of benzene rings is 1. The van der Waals surface area contributed by atoms with Gasteiger partial charge in [-0.05, 0) is 11.6 Å². The summed E-state index contributed by atoms with van der Waals surface area (Å²) >= 11 is 0. The summed E-state index contributed by atoms with van der Waals surface area (Å²) in [5, 5.41) is 0. The number of rotatable bonds is 1. The molecule has 0 atom stereocenters. The Hall–Kier alpha value is -2.22. The van der Waals surface area contributed by atoms with Gasteiger partial charge >= 0.3 is 15.3 Å². The van der Waals surface area contributed by atoms with Crippen molar-refractivity contribution in [3.05, 3.63) is 29.8 Å². The Kier molecular flexibility index (Phi) is 4.98. The van der Waals surface area contributed by atoms with Crippen molar-refractivity contribution in [3.8, 4) is 0 Å². The molecule has 0 bridgehead atoms. The van der Waals surface area contributed by atoms with Crippen molar-refractivity contribution in [2.24, 2.45) is 10.1 Å². The van der Waals surface area contributed by atoms with E-state index in [0.29, 0.717) is 5.69 Å². The molecule has 2 N–H and O–H groups in total. The van der Waals surface area contributed by atoms with Gasteiger partial charge in [-0.15, -0.1) is 0 Å². The third-order valence-electron chi connectivity index (χ3n) is 2.19. The van der Waals surface area contributed by atoms with Crippen LogP contribution in [0.3, 0.4) is 0 Å². The number of hydrogen-bond donors (Lipinski definition) is 1. The monoisotopic (exact) mass is 317 g/mol. The molecule has 0 saturated carbocycles. The number of nitrogens with zero attached hydrogens (tertiary/aromatic N) is 2. The van der Waals surface area contributed by atoms with Crippen molar-refractivity contribution in [3.63, 3.8) is 0 Å². The minimum Gasteiger partial charge on any atom is -0.351 e. The number of hydrogen-bond acceptors (Lipinski definition) is 5. The van der Waals surface area contributed by atoms with Crippen molar-refractivity contribution in [1.29, 1.82) is 0 Å². The molecular weight excluding hydrogens is 310 g/mol. The summed E-state index contributed by atoms with van der Waals surface area (Å²) in [5.74, 6) is -0.256. The average molecular weight is 318 g/mol. The standard InChI is InChI=1S/C9H8N2O2.CClNO3S/c10-9(13)11-7-4-2-1-3-6(7)5-8(11)12;2-7(5,6)3-1-4/h1-4H,5H2,(H2,10,13);. The predicted molar refractivity (Wildman–Crippen MR) is 70.1 cm³/mol. The summed E-state index contributed by atoms with van der Waals surface area (Å²) in [6.07, 6.45) is 1.03. The number of nitrogens with two attached hydrogens (primary N) is 1. The summed E-state index contributed by atoms with van der Waals surface area (Å²) < 4.78 is 21.3. The van der Waals surface area contributed by atoms with Gasteiger partial charge in [0.25, 0.3) is 6.08 Å². The summed E-state index contributed by atoms with van der Waals surface area (Å²) in [4.78, 5) is 32.3. The van der Waals surface area contributed by atoms with Gasteiger partial charge in [0.15, 0.2) is 0 Å². The van der Waals surface area contributed by atoms with Crippen LogP contribution in [0.25, 0.3) is 0 Å². The summed E-state index contributed by atoms with van der Waals surface area (Å²) in [7, 11) is 0.376. The number of carbonyl (C=O) groups is 2. The molecule has 8 nitrogen and oxygen atoms in total. The number of amides is 3. The maximum Gasteiger partial charge on any atom is 0.350 e. The highest BCUT2D eigenvalue weighted by atomic mass is 35.7. The molecule has 2 rings (SSSR count). The number of para-hydroxylation sites is 1. The van der Waals surface area contributed by atoms with Crippen molar-refractivity contribution in [2.75, 3.05) is 4.90 Å². The van der Waals surface area contributed by atoms with Crippen LogP contribution < -0.4 is 10.6 Å². The lowest BCUT2D eigenvalue weighted by atomic mass is 10.2. The molecule has 0 aliphatic carbocycles. The van der Waals surface area contributed by atoms with E-state index in [1.807, 2.05) is 12.1 Å². The largest absolute Gasteiger partial charge is 0.351 e. The second kappa shape index (κ2) is 6.29. The number of isocyanates is 1. The van der Waals surface area contributed by atoms with Gasteiger partial charge in [-0.1, -0.05) is 22.6 Å². The van der Waals surface area contributed by atoms with Gasteiger partial charge in [0.05, 0.1) is 12.1 Å². The van der Waals surface area contributed by atoms with E-state index in [1.165, 1.54) is 0 Å². The van der Waals surface area contributed by atoms with Crippen LogP contribution in [-0.4, -0.2) is 26.4 Å². The molecule has 0 unspecified atom stereocenters. The van der Waals surface area contributed by atoms with Crippen LogP contribution in [-0.2, 0) is 25.2 Å². The highest BCUT2D eigenvalue weighted by Gasteiger charge is 2.30. The Morgan fingerprint density at radius 3 is 2.45 bits per heavy atom. The van der Waals surface area contributed by atoms with Gasteiger partial charge in [0, 0.05) is 10.7 Å². The van der Waals surface area contributed by atoms with Gasteiger partial charge in [0.2, 0.25) is 5.91 Å². The van der Waals surface area contributed by atoms with Crippen LogP contribution in [0.4, 0.5) is 10.5 Å². The van der Waals surface area contributed by atoms with Gasteiger partial charge in [-0.2, -0.15) is 8.42 Å². The van der Waals surface area contributed by atoms with E-state index in [2.05, 4.69) is 15.1 Å². The van der Waals surface area contributed by atoms with Crippen LogP contribution in [0, 0.1) is 0 Å². The smallest absolute Gasteiger partial charge is 0.350 e. The molecule has 0 radical (unpaired) electrons. The number of anilines is 1. The van der Waals surface area contributed by atoms with E-state index < -0.39 is 15.3 Å². The molecule has 106 valence electrons. The molecule has 1 aliphatic rings. The number of urea groups is 1. The quantitative estimate of drug-likeness (QED) is 0.457. The molecule has 0 saturated heterocycles. The molecule has 0 fully saturated rings. The Labute approximate surface area is 118 Å². The Bertz CT molecular complexity index is 697. The van der Waals surface area contributed by atoms with Gasteiger partial charge in [-0.25, -0.2) is 14.5 Å². The molecule has 1 heterocycles. The highest BCUT2D eigenvalue weighted by Crippen LogP contribution is 2.27. The first-order valence-corrected chi connectivity index (χ1v) is 7.27. The summed E-state index contributed by atoms with van der Waals surface area (Å²) in [6, 6.07) is 6.42. The molecule has 1 aromatic rings. The number of carbonyl (C=O) groups excluding carboxylic acids is 3. The first-order valence-electron chi connectivity index (χ1n) is 5.00. The minimum absolute atomic E-state index is 0.256. The van der Waals surface area contributed by atoms with E-state index in [1.54, 1.807) is 12.1 Å². The number of fused-ring (bicyclic) bond motifs is 1. The number of primary amides is 1. The summed E-state index contributed by atoms with van der Waals surface area (Å²) in [6.45, 7) is 0. The van der Waals surface area contributed by atoms with Crippen molar-refractivity contribution >= 4 is 43.6 Å². The van der Waals surface area contributed by atoms with Gasteiger partial charge < -0.3 is 5.73 Å².